The van der Waals surface area contributed by atoms with E-state index in [1.54, 1.807) is 25.4 Å². The van der Waals surface area contributed by atoms with E-state index in [1.165, 1.54) is 0 Å². The molecule has 134 valence electrons. The Balaban J connectivity index is 1.60. The van der Waals surface area contributed by atoms with Crippen LogP contribution >= 0.6 is 23.2 Å². The molecule has 1 aromatic heterocycles. The van der Waals surface area contributed by atoms with Gasteiger partial charge < -0.3 is 15.4 Å². The SMILES string of the molecule is COc1cccc(Nc2ccnc(NCCc3ccc(Cl)cc3Cl)n2)c1. The lowest BCUT2D eigenvalue weighted by Gasteiger charge is -2.10. The lowest BCUT2D eigenvalue weighted by molar-refractivity contribution is 0.415. The minimum atomic E-state index is 0.544. The molecule has 1 heterocycles. The molecule has 0 saturated carbocycles. The van der Waals surface area contributed by atoms with Crippen LogP contribution in [0.4, 0.5) is 17.5 Å². The first-order valence-electron chi connectivity index (χ1n) is 8.06. The van der Waals surface area contributed by atoms with E-state index in [4.69, 9.17) is 27.9 Å². The monoisotopic (exact) mass is 388 g/mol. The second-order valence-corrected chi connectivity index (χ2v) is 6.38. The molecule has 0 fully saturated rings. The van der Waals surface area contributed by atoms with Crippen LogP contribution in [-0.2, 0) is 6.42 Å². The number of hydrogen-bond acceptors (Lipinski definition) is 5. The average Bonchev–Trinajstić information content (AvgIpc) is 2.64. The molecule has 0 bridgehead atoms. The Morgan fingerprint density at radius 1 is 1.08 bits per heavy atom. The fourth-order valence-corrected chi connectivity index (χ4v) is 2.90. The standard InChI is InChI=1S/C19H18Cl2N4O/c1-26-16-4-2-3-15(12-16)24-18-8-10-23-19(25-18)22-9-7-13-5-6-14(20)11-17(13)21/h2-6,8,10-12H,7,9H2,1H3,(H2,22,23,24,25). The molecule has 26 heavy (non-hydrogen) atoms. The third kappa shape index (κ3) is 5.00. The van der Waals surface area contributed by atoms with Gasteiger partial charge in [-0.05, 0) is 42.3 Å². The van der Waals surface area contributed by atoms with Crippen molar-refractivity contribution in [3.63, 3.8) is 0 Å². The summed E-state index contributed by atoms with van der Waals surface area (Å²) in [4.78, 5) is 8.70. The molecule has 7 heteroatoms. The van der Waals surface area contributed by atoms with Gasteiger partial charge in [0.05, 0.1) is 7.11 Å². The first kappa shape index (κ1) is 18.3. The molecule has 0 radical (unpaired) electrons. The highest BCUT2D eigenvalue weighted by molar-refractivity contribution is 6.35. The summed E-state index contributed by atoms with van der Waals surface area (Å²) in [7, 11) is 1.64. The van der Waals surface area contributed by atoms with E-state index in [2.05, 4.69) is 20.6 Å². The molecule has 0 aliphatic carbocycles. The first-order chi connectivity index (χ1) is 12.6. The maximum atomic E-state index is 6.19. The topological polar surface area (TPSA) is 59.1 Å². The molecule has 0 aliphatic heterocycles. The van der Waals surface area contributed by atoms with Gasteiger partial charge in [-0.2, -0.15) is 4.98 Å². The Kier molecular flexibility index (Phi) is 6.15. The van der Waals surface area contributed by atoms with Crippen LogP contribution in [0.25, 0.3) is 0 Å². The zero-order chi connectivity index (χ0) is 18.4. The molecule has 0 unspecified atom stereocenters. The molecule has 3 aromatic rings. The highest BCUT2D eigenvalue weighted by Gasteiger charge is 2.04. The van der Waals surface area contributed by atoms with Crippen LogP contribution in [-0.4, -0.2) is 23.6 Å². The summed E-state index contributed by atoms with van der Waals surface area (Å²) in [5.74, 6) is 2.02. The van der Waals surface area contributed by atoms with Crippen LogP contribution < -0.4 is 15.4 Å². The number of aromatic nitrogens is 2. The van der Waals surface area contributed by atoms with Crippen molar-refractivity contribution in [3.8, 4) is 5.75 Å². The van der Waals surface area contributed by atoms with Crippen molar-refractivity contribution in [2.75, 3.05) is 24.3 Å². The molecule has 5 nitrogen and oxygen atoms in total. The molecule has 2 N–H and O–H groups in total. The number of methoxy groups -OCH3 is 1. The summed E-state index contributed by atoms with van der Waals surface area (Å²) in [6.45, 7) is 0.657. The molecule has 0 saturated heterocycles. The Bertz CT molecular complexity index is 889. The van der Waals surface area contributed by atoms with E-state index in [0.717, 1.165) is 23.4 Å². The highest BCUT2D eigenvalue weighted by atomic mass is 35.5. The summed E-state index contributed by atoms with van der Waals surface area (Å²) in [5, 5.41) is 7.73. The predicted octanol–water partition coefficient (Wildman–Crippen LogP) is 5.19. The average molecular weight is 389 g/mol. The zero-order valence-corrected chi connectivity index (χ0v) is 15.7. The van der Waals surface area contributed by atoms with Crippen LogP contribution in [0.2, 0.25) is 10.0 Å². The van der Waals surface area contributed by atoms with Crippen LogP contribution in [0.5, 0.6) is 5.75 Å². The minimum Gasteiger partial charge on any atom is -0.497 e. The quantitative estimate of drug-likeness (QED) is 0.582. The fourth-order valence-electron chi connectivity index (χ4n) is 2.40. The second-order valence-electron chi connectivity index (χ2n) is 5.53. The van der Waals surface area contributed by atoms with Crippen molar-refractivity contribution in [3.05, 3.63) is 70.3 Å². The smallest absolute Gasteiger partial charge is 0.224 e. The van der Waals surface area contributed by atoms with Gasteiger partial charge in [-0.15, -0.1) is 0 Å². The van der Waals surface area contributed by atoms with E-state index < -0.39 is 0 Å². The van der Waals surface area contributed by atoms with E-state index >= 15 is 0 Å². The van der Waals surface area contributed by atoms with Crippen molar-refractivity contribution < 1.29 is 4.74 Å². The van der Waals surface area contributed by atoms with Gasteiger partial charge in [0.15, 0.2) is 0 Å². The summed E-state index contributed by atoms with van der Waals surface area (Å²) >= 11 is 12.1. The van der Waals surface area contributed by atoms with Gasteiger partial charge in [0, 0.05) is 34.5 Å². The summed E-state index contributed by atoms with van der Waals surface area (Å²) < 4.78 is 5.22. The predicted molar refractivity (Wildman–Crippen MR) is 107 cm³/mol. The number of nitrogens with one attached hydrogen (secondary N) is 2. The van der Waals surface area contributed by atoms with Gasteiger partial charge in [-0.25, -0.2) is 4.98 Å². The molecular weight excluding hydrogens is 371 g/mol. The molecule has 0 amide bonds. The molecular formula is C19H18Cl2N4O. The normalized spacial score (nSPS) is 10.4. The summed E-state index contributed by atoms with van der Waals surface area (Å²) in [6.07, 6.45) is 2.44. The van der Waals surface area contributed by atoms with E-state index in [0.29, 0.717) is 28.4 Å². The third-order valence-electron chi connectivity index (χ3n) is 3.69. The summed E-state index contributed by atoms with van der Waals surface area (Å²) in [6, 6.07) is 15.0. The Morgan fingerprint density at radius 2 is 1.96 bits per heavy atom. The van der Waals surface area contributed by atoms with Crippen molar-refractivity contribution in [2.45, 2.75) is 6.42 Å². The minimum absolute atomic E-state index is 0.544. The number of hydrogen-bond donors (Lipinski definition) is 2. The summed E-state index contributed by atoms with van der Waals surface area (Å²) in [5.41, 5.74) is 1.91. The third-order valence-corrected chi connectivity index (χ3v) is 4.28. The molecule has 2 aromatic carbocycles. The second kappa shape index (κ2) is 8.74. The van der Waals surface area contributed by atoms with Gasteiger partial charge in [0.2, 0.25) is 5.95 Å². The number of anilines is 3. The van der Waals surface area contributed by atoms with Crippen LogP contribution in [0, 0.1) is 0 Å². The number of nitrogens with zero attached hydrogens (tertiary/aromatic N) is 2. The van der Waals surface area contributed by atoms with Crippen LogP contribution in [0.3, 0.4) is 0 Å². The van der Waals surface area contributed by atoms with Gasteiger partial charge >= 0.3 is 0 Å². The van der Waals surface area contributed by atoms with Gasteiger partial charge in [-0.1, -0.05) is 35.3 Å². The molecule has 0 aliphatic rings. The lowest BCUT2D eigenvalue weighted by Crippen LogP contribution is -2.09. The van der Waals surface area contributed by atoms with Crippen molar-refractivity contribution in [1.29, 1.82) is 0 Å². The number of ether oxygens (including phenoxy) is 1. The van der Waals surface area contributed by atoms with Gasteiger partial charge in [0.25, 0.3) is 0 Å². The Labute approximate surface area is 162 Å². The number of rotatable bonds is 7. The van der Waals surface area contributed by atoms with Crippen molar-refractivity contribution in [2.24, 2.45) is 0 Å². The lowest BCUT2D eigenvalue weighted by atomic mass is 10.1. The first-order valence-corrected chi connectivity index (χ1v) is 8.81. The fraction of sp³-hybridized carbons (Fsp3) is 0.158. The van der Waals surface area contributed by atoms with Crippen LogP contribution in [0.15, 0.2) is 54.7 Å². The maximum Gasteiger partial charge on any atom is 0.224 e. The number of benzene rings is 2. The van der Waals surface area contributed by atoms with Crippen molar-refractivity contribution in [1.82, 2.24) is 9.97 Å². The van der Waals surface area contributed by atoms with Crippen LogP contribution in [0.1, 0.15) is 5.56 Å². The number of halogens is 2. The van der Waals surface area contributed by atoms with Gasteiger partial charge in [0.1, 0.15) is 11.6 Å². The zero-order valence-electron chi connectivity index (χ0n) is 14.2. The Morgan fingerprint density at radius 3 is 2.77 bits per heavy atom. The largest absolute Gasteiger partial charge is 0.497 e. The van der Waals surface area contributed by atoms with Crippen molar-refractivity contribution >= 4 is 40.7 Å². The molecule has 0 atom stereocenters. The Hall–Kier alpha value is -2.50. The van der Waals surface area contributed by atoms with Gasteiger partial charge in [-0.3, -0.25) is 0 Å². The highest BCUT2D eigenvalue weighted by Crippen LogP contribution is 2.22. The van der Waals surface area contributed by atoms with E-state index in [1.807, 2.05) is 36.4 Å². The maximum absolute atomic E-state index is 6.19. The molecule has 0 spiro atoms. The van der Waals surface area contributed by atoms with E-state index in [-0.39, 0.29) is 0 Å². The molecule has 3 rings (SSSR count). The van der Waals surface area contributed by atoms with E-state index in [9.17, 15) is 0 Å².